The lowest BCUT2D eigenvalue weighted by molar-refractivity contribution is 0.225. The zero-order chi connectivity index (χ0) is 10.3. The molecule has 0 spiro atoms. The minimum Gasteiger partial charge on any atom is -0.300 e. The van der Waals surface area contributed by atoms with Crippen molar-refractivity contribution in [2.75, 3.05) is 13.1 Å². The summed E-state index contributed by atoms with van der Waals surface area (Å²) in [5.74, 6) is 1.08. The second kappa shape index (κ2) is 7.37. The van der Waals surface area contributed by atoms with Crippen LogP contribution in [0.1, 0.15) is 53.9 Å². The summed E-state index contributed by atoms with van der Waals surface area (Å²) in [4.78, 5) is 2.63. The number of rotatable bonds is 1. The molecule has 2 fully saturated rings. The molecule has 1 aliphatic carbocycles. The normalized spacial score (nSPS) is 30.2. The van der Waals surface area contributed by atoms with Crippen LogP contribution < -0.4 is 0 Å². The van der Waals surface area contributed by atoms with Gasteiger partial charge >= 0.3 is 0 Å². The molecule has 2 aliphatic rings. The fourth-order valence-electron chi connectivity index (χ4n) is 2.41. The van der Waals surface area contributed by atoms with Gasteiger partial charge in [-0.3, -0.25) is 0 Å². The molecule has 0 aromatic rings. The van der Waals surface area contributed by atoms with Gasteiger partial charge in [0.05, 0.1) is 0 Å². The van der Waals surface area contributed by atoms with E-state index in [0.29, 0.717) is 0 Å². The summed E-state index contributed by atoms with van der Waals surface area (Å²) in [5, 5.41) is 0. The predicted octanol–water partition coefficient (Wildman–Crippen LogP) is 3.54. The van der Waals surface area contributed by atoms with Crippen molar-refractivity contribution in [2.45, 2.75) is 59.9 Å². The maximum Gasteiger partial charge on any atom is 0.00984 e. The molecule has 13 heavy (non-hydrogen) atoms. The largest absolute Gasteiger partial charge is 0.300 e. The molecule has 0 aromatic carbocycles. The second-order valence-corrected chi connectivity index (χ2v) is 3.42. The number of hydrogen-bond donors (Lipinski definition) is 0. The third kappa shape index (κ3) is 3.30. The van der Waals surface area contributed by atoms with Gasteiger partial charge in [0.1, 0.15) is 0 Å². The van der Waals surface area contributed by atoms with Crippen LogP contribution in [0.15, 0.2) is 0 Å². The van der Waals surface area contributed by atoms with Gasteiger partial charge in [-0.05, 0) is 31.7 Å². The number of likely N-dealkylation sites (tertiary alicyclic amines) is 1. The number of fused-ring (bicyclic) bond motifs is 2. The smallest absolute Gasteiger partial charge is 0.00984 e. The number of piperidine rings is 1. The van der Waals surface area contributed by atoms with Crippen LogP contribution in [0.4, 0.5) is 0 Å². The van der Waals surface area contributed by atoms with E-state index in [9.17, 15) is 0 Å². The molecule has 0 radical (unpaired) electrons. The Morgan fingerprint density at radius 2 is 1.69 bits per heavy atom. The molecule has 1 saturated carbocycles. The Hall–Kier alpha value is -0.0400. The van der Waals surface area contributed by atoms with Crippen molar-refractivity contribution in [3.63, 3.8) is 0 Å². The third-order valence-corrected chi connectivity index (χ3v) is 2.93. The summed E-state index contributed by atoms with van der Waals surface area (Å²) in [6.07, 6.45) is 4.51. The van der Waals surface area contributed by atoms with Gasteiger partial charge in [-0.1, -0.05) is 34.6 Å². The van der Waals surface area contributed by atoms with Crippen LogP contribution >= 0.6 is 0 Å². The zero-order valence-corrected chi connectivity index (χ0v) is 10.1. The van der Waals surface area contributed by atoms with E-state index in [1.807, 2.05) is 27.7 Å². The lowest BCUT2D eigenvalue weighted by atomic mass is 10.1. The van der Waals surface area contributed by atoms with E-state index in [1.54, 1.807) is 0 Å². The van der Waals surface area contributed by atoms with Crippen LogP contribution in [0.25, 0.3) is 0 Å². The maximum atomic E-state index is 2.63. The van der Waals surface area contributed by atoms with Crippen molar-refractivity contribution in [3.8, 4) is 0 Å². The Balaban J connectivity index is 0.000000322. The van der Waals surface area contributed by atoms with Crippen molar-refractivity contribution in [3.05, 3.63) is 0 Å². The van der Waals surface area contributed by atoms with E-state index in [1.165, 1.54) is 32.4 Å². The van der Waals surface area contributed by atoms with Gasteiger partial charge in [-0.25, -0.2) is 0 Å². The molecular weight excluding hydrogens is 158 g/mol. The Bertz CT molecular complexity index is 112. The monoisotopic (exact) mass is 185 g/mol. The molecule has 0 amide bonds. The molecule has 0 aromatic heterocycles. The van der Waals surface area contributed by atoms with Gasteiger partial charge in [0, 0.05) is 12.6 Å². The zero-order valence-electron chi connectivity index (χ0n) is 10.1. The highest BCUT2D eigenvalue weighted by atomic mass is 15.2. The molecule has 0 N–H and O–H groups in total. The van der Waals surface area contributed by atoms with Crippen molar-refractivity contribution in [1.29, 1.82) is 0 Å². The fraction of sp³-hybridized carbons (Fsp3) is 1.00. The van der Waals surface area contributed by atoms with Gasteiger partial charge < -0.3 is 4.90 Å². The van der Waals surface area contributed by atoms with E-state index in [0.717, 1.165) is 12.0 Å². The van der Waals surface area contributed by atoms with Gasteiger partial charge in [0.15, 0.2) is 0 Å². The van der Waals surface area contributed by atoms with Gasteiger partial charge in [0.25, 0.3) is 0 Å². The Kier molecular flexibility index (Phi) is 7.35. The van der Waals surface area contributed by atoms with E-state index < -0.39 is 0 Å². The van der Waals surface area contributed by atoms with E-state index in [-0.39, 0.29) is 0 Å². The summed E-state index contributed by atoms with van der Waals surface area (Å²) < 4.78 is 0. The van der Waals surface area contributed by atoms with Crippen LogP contribution in [0.3, 0.4) is 0 Å². The topological polar surface area (TPSA) is 3.24 Å². The highest BCUT2D eigenvalue weighted by Gasteiger charge is 2.36. The van der Waals surface area contributed by atoms with Gasteiger partial charge in [-0.2, -0.15) is 0 Å². The lowest BCUT2D eigenvalue weighted by Crippen LogP contribution is -2.31. The van der Waals surface area contributed by atoms with Gasteiger partial charge in [-0.15, -0.1) is 0 Å². The minimum absolute atomic E-state index is 0.986. The van der Waals surface area contributed by atoms with E-state index in [2.05, 4.69) is 11.8 Å². The molecule has 2 bridgehead atoms. The summed E-state index contributed by atoms with van der Waals surface area (Å²) >= 11 is 0. The number of hydrogen-bond acceptors (Lipinski definition) is 1. The van der Waals surface area contributed by atoms with Crippen molar-refractivity contribution in [2.24, 2.45) is 5.92 Å². The van der Waals surface area contributed by atoms with Crippen LogP contribution in [0.2, 0.25) is 0 Å². The first kappa shape index (κ1) is 13.0. The summed E-state index contributed by atoms with van der Waals surface area (Å²) in [6.45, 7) is 13.0. The standard InChI is InChI=1S/C8H15N.2C2H6/c1-2-9-6-7-3-4-8(9)5-7;2*1-2/h7-8H,2-6H2,1H3;2*1-2H3. The summed E-state index contributed by atoms with van der Waals surface area (Å²) in [5.41, 5.74) is 0. The molecule has 1 heterocycles. The van der Waals surface area contributed by atoms with E-state index in [4.69, 9.17) is 0 Å². The fourth-order valence-corrected chi connectivity index (χ4v) is 2.41. The first-order chi connectivity index (χ1) is 6.40. The minimum atomic E-state index is 0.986. The first-order valence-corrected chi connectivity index (χ1v) is 6.14. The molecule has 80 valence electrons. The maximum absolute atomic E-state index is 2.63. The summed E-state index contributed by atoms with van der Waals surface area (Å²) in [7, 11) is 0. The van der Waals surface area contributed by atoms with E-state index >= 15 is 0 Å². The Labute approximate surface area is 84.5 Å². The van der Waals surface area contributed by atoms with Crippen molar-refractivity contribution in [1.82, 2.24) is 4.90 Å². The molecule has 2 rings (SSSR count). The lowest BCUT2D eigenvalue weighted by Gasteiger charge is -2.24. The molecule has 2 atom stereocenters. The molecule has 2 unspecified atom stereocenters. The van der Waals surface area contributed by atoms with Crippen LogP contribution in [-0.4, -0.2) is 24.0 Å². The average molecular weight is 185 g/mol. The predicted molar refractivity (Wildman–Crippen MR) is 61.1 cm³/mol. The molecule has 1 heteroatoms. The quantitative estimate of drug-likeness (QED) is 0.604. The molecule has 1 nitrogen and oxygen atoms in total. The number of nitrogens with zero attached hydrogens (tertiary/aromatic N) is 1. The Morgan fingerprint density at radius 3 is 1.92 bits per heavy atom. The highest BCUT2D eigenvalue weighted by Crippen LogP contribution is 2.36. The first-order valence-electron chi connectivity index (χ1n) is 6.14. The molecule has 1 saturated heterocycles. The van der Waals surface area contributed by atoms with Crippen LogP contribution in [0.5, 0.6) is 0 Å². The SMILES string of the molecule is CC.CC.CCN1CC2CCC1C2. The van der Waals surface area contributed by atoms with Crippen LogP contribution in [-0.2, 0) is 0 Å². The molecule has 1 aliphatic heterocycles. The van der Waals surface area contributed by atoms with Crippen molar-refractivity contribution < 1.29 is 0 Å². The highest BCUT2D eigenvalue weighted by molar-refractivity contribution is 4.91. The average Bonchev–Trinajstić information content (AvgIpc) is 2.84. The second-order valence-electron chi connectivity index (χ2n) is 3.42. The third-order valence-electron chi connectivity index (χ3n) is 2.93. The van der Waals surface area contributed by atoms with Crippen molar-refractivity contribution >= 4 is 0 Å². The van der Waals surface area contributed by atoms with Gasteiger partial charge in [0.2, 0.25) is 0 Å². The van der Waals surface area contributed by atoms with Crippen LogP contribution in [0, 0.1) is 5.92 Å². The Morgan fingerprint density at radius 1 is 1.08 bits per heavy atom. The molecular formula is C12H27N. The summed E-state index contributed by atoms with van der Waals surface area (Å²) in [6, 6.07) is 0.986.